The van der Waals surface area contributed by atoms with Crippen molar-refractivity contribution in [2.45, 2.75) is 52.1 Å². The summed E-state index contributed by atoms with van der Waals surface area (Å²) in [7, 11) is 0. The molecule has 0 rings (SSSR count). The molecule has 0 aliphatic heterocycles. The van der Waals surface area contributed by atoms with E-state index in [0.717, 1.165) is 6.42 Å². The highest BCUT2D eigenvalue weighted by Gasteiger charge is 2.21. The molecule has 0 heterocycles. The van der Waals surface area contributed by atoms with Crippen LogP contribution in [0.15, 0.2) is 0 Å². The van der Waals surface area contributed by atoms with Crippen LogP contribution in [0.3, 0.4) is 0 Å². The van der Waals surface area contributed by atoms with E-state index in [4.69, 9.17) is 0 Å². The summed E-state index contributed by atoms with van der Waals surface area (Å²) >= 11 is 0. The van der Waals surface area contributed by atoms with Gasteiger partial charge < -0.3 is 10.6 Å². The van der Waals surface area contributed by atoms with Gasteiger partial charge in [-0.3, -0.25) is 4.79 Å². The highest BCUT2D eigenvalue weighted by molar-refractivity contribution is 5.81. The maximum Gasteiger partial charge on any atom is 0.250 e. The van der Waals surface area contributed by atoms with E-state index in [1.54, 1.807) is 6.92 Å². The molecule has 3 nitrogen and oxygen atoms in total. The fourth-order valence-electron chi connectivity index (χ4n) is 0.889. The fourth-order valence-corrected chi connectivity index (χ4v) is 0.889. The van der Waals surface area contributed by atoms with Gasteiger partial charge in [-0.15, -0.1) is 0 Å². The predicted molar refractivity (Wildman–Crippen MR) is 56.0 cm³/mol. The van der Waals surface area contributed by atoms with Crippen LogP contribution >= 0.6 is 0 Å². The first-order chi connectivity index (χ1) is 6.78. The van der Waals surface area contributed by atoms with E-state index in [2.05, 4.69) is 10.6 Å². The number of halogens is 2. The molecule has 0 spiro atoms. The Balaban J connectivity index is 3.99. The minimum atomic E-state index is -2.43. The minimum Gasteiger partial charge on any atom is -0.350 e. The molecule has 15 heavy (non-hydrogen) atoms. The molecule has 0 saturated carbocycles. The first kappa shape index (κ1) is 14.3. The Labute approximate surface area is 89.6 Å². The lowest BCUT2D eigenvalue weighted by Crippen LogP contribution is -2.51. The smallest absolute Gasteiger partial charge is 0.250 e. The number of rotatable bonds is 6. The highest BCUT2D eigenvalue weighted by Crippen LogP contribution is 2.06. The van der Waals surface area contributed by atoms with Crippen molar-refractivity contribution in [3.8, 4) is 0 Å². The Morgan fingerprint density at radius 2 is 1.93 bits per heavy atom. The molecule has 90 valence electrons. The lowest BCUT2D eigenvalue weighted by Gasteiger charge is -2.26. The standard InChI is InChI=1S/C10H20F2N2O/c1-5-10(3,4)14-9(15)7(2)13-6-8(11)12/h7-8,13H,5-6H2,1-4H3,(H,14,15). The molecule has 0 aliphatic carbocycles. The van der Waals surface area contributed by atoms with Crippen molar-refractivity contribution in [3.63, 3.8) is 0 Å². The molecule has 0 radical (unpaired) electrons. The van der Waals surface area contributed by atoms with E-state index in [1.807, 2.05) is 20.8 Å². The quantitative estimate of drug-likeness (QED) is 0.715. The number of carbonyl (C=O) groups excluding carboxylic acids is 1. The zero-order valence-electron chi connectivity index (χ0n) is 9.73. The van der Waals surface area contributed by atoms with Crippen molar-refractivity contribution < 1.29 is 13.6 Å². The monoisotopic (exact) mass is 222 g/mol. The summed E-state index contributed by atoms with van der Waals surface area (Å²) in [5, 5.41) is 5.25. The summed E-state index contributed by atoms with van der Waals surface area (Å²) in [5.41, 5.74) is -0.294. The van der Waals surface area contributed by atoms with Crippen LogP contribution in [0, 0.1) is 0 Å². The van der Waals surface area contributed by atoms with Crippen molar-refractivity contribution in [2.75, 3.05) is 6.54 Å². The third-order valence-electron chi connectivity index (χ3n) is 2.32. The fraction of sp³-hybridized carbons (Fsp3) is 0.900. The van der Waals surface area contributed by atoms with Crippen molar-refractivity contribution >= 4 is 5.91 Å². The molecule has 1 unspecified atom stereocenters. The summed E-state index contributed by atoms with van der Waals surface area (Å²) in [4.78, 5) is 11.5. The maximum absolute atomic E-state index is 11.9. The Morgan fingerprint density at radius 3 is 2.33 bits per heavy atom. The second-order valence-electron chi connectivity index (χ2n) is 4.25. The molecule has 0 saturated heterocycles. The SMILES string of the molecule is CCC(C)(C)NC(=O)C(C)NCC(F)F. The van der Waals surface area contributed by atoms with Crippen LogP contribution < -0.4 is 10.6 Å². The van der Waals surface area contributed by atoms with Gasteiger partial charge in [0.05, 0.1) is 12.6 Å². The predicted octanol–water partition coefficient (Wildman–Crippen LogP) is 1.53. The highest BCUT2D eigenvalue weighted by atomic mass is 19.3. The largest absolute Gasteiger partial charge is 0.350 e. The molecule has 0 bridgehead atoms. The van der Waals surface area contributed by atoms with Gasteiger partial charge in [-0.2, -0.15) is 0 Å². The molecular formula is C10H20F2N2O. The molecular weight excluding hydrogens is 202 g/mol. The Kier molecular flexibility index (Phi) is 5.72. The number of hydrogen-bond donors (Lipinski definition) is 2. The molecule has 1 atom stereocenters. The van der Waals surface area contributed by atoms with E-state index in [1.165, 1.54) is 0 Å². The van der Waals surface area contributed by atoms with Gasteiger partial charge in [0.2, 0.25) is 5.91 Å². The maximum atomic E-state index is 11.9. The van der Waals surface area contributed by atoms with Crippen molar-refractivity contribution in [1.29, 1.82) is 0 Å². The first-order valence-electron chi connectivity index (χ1n) is 5.12. The summed E-state index contributed by atoms with van der Waals surface area (Å²) in [5.74, 6) is -0.248. The second-order valence-corrected chi connectivity index (χ2v) is 4.25. The van der Waals surface area contributed by atoms with Crippen LogP contribution in [0.1, 0.15) is 34.1 Å². The van der Waals surface area contributed by atoms with Crippen LogP contribution in [-0.4, -0.2) is 30.5 Å². The van der Waals surface area contributed by atoms with Gasteiger partial charge in [-0.05, 0) is 27.2 Å². The van der Waals surface area contributed by atoms with E-state index in [0.29, 0.717) is 0 Å². The van der Waals surface area contributed by atoms with E-state index < -0.39 is 19.0 Å². The summed E-state index contributed by atoms with van der Waals surface area (Å²) in [6, 6.07) is -0.593. The average Bonchev–Trinajstić information content (AvgIpc) is 2.13. The summed E-state index contributed by atoms with van der Waals surface area (Å²) in [6.45, 7) is 6.86. The van der Waals surface area contributed by atoms with E-state index in [9.17, 15) is 13.6 Å². The lowest BCUT2D eigenvalue weighted by atomic mass is 10.0. The zero-order valence-corrected chi connectivity index (χ0v) is 9.73. The van der Waals surface area contributed by atoms with Crippen LogP contribution in [0.4, 0.5) is 8.78 Å². The van der Waals surface area contributed by atoms with Gasteiger partial charge >= 0.3 is 0 Å². The van der Waals surface area contributed by atoms with Gasteiger partial charge in [-0.25, -0.2) is 8.78 Å². The number of amides is 1. The van der Waals surface area contributed by atoms with Crippen LogP contribution in [0.2, 0.25) is 0 Å². The van der Waals surface area contributed by atoms with Crippen molar-refractivity contribution in [3.05, 3.63) is 0 Å². The third-order valence-corrected chi connectivity index (χ3v) is 2.32. The van der Waals surface area contributed by atoms with Gasteiger partial charge in [0.15, 0.2) is 0 Å². The van der Waals surface area contributed by atoms with Gasteiger partial charge in [0.1, 0.15) is 0 Å². The summed E-state index contributed by atoms with van der Waals surface area (Å²) in [6.07, 6.45) is -1.64. The molecule has 0 aromatic carbocycles. The number of carbonyl (C=O) groups is 1. The normalized spacial score (nSPS) is 14.1. The molecule has 0 fully saturated rings. The minimum absolute atomic E-state index is 0.248. The van der Waals surface area contributed by atoms with Gasteiger partial charge in [-0.1, -0.05) is 6.92 Å². The lowest BCUT2D eigenvalue weighted by molar-refractivity contribution is -0.124. The van der Waals surface area contributed by atoms with Crippen LogP contribution in [0.5, 0.6) is 0 Å². The molecule has 5 heteroatoms. The number of alkyl halides is 2. The molecule has 0 aromatic rings. The Bertz CT molecular complexity index is 208. The topological polar surface area (TPSA) is 41.1 Å². The molecule has 1 amide bonds. The Morgan fingerprint density at radius 1 is 1.40 bits per heavy atom. The summed E-state index contributed by atoms with van der Waals surface area (Å²) < 4.78 is 23.7. The first-order valence-corrected chi connectivity index (χ1v) is 5.12. The van der Waals surface area contributed by atoms with Crippen LogP contribution in [0.25, 0.3) is 0 Å². The van der Waals surface area contributed by atoms with Crippen LogP contribution in [-0.2, 0) is 4.79 Å². The zero-order chi connectivity index (χ0) is 12.1. The molecule has 0 aliphatic rings. The van der Waals surface area contributed by atoms with E-state index in [-0.39, 0.29) is 11.4 Å². The third kappa shape index (κ3) is 6.38. The molecule has 2 N–H and O–H groups in total. The van der Waals surface area contributed by atoms with Gasteiger partial charge in [0, 0.05) is 5.54 Å². The van der Waals surface area contributed by atoms with E-state index >= 15 is 0 Å². The van der Waals surface area contributed by atoms with Crippen molar-refractivity contribution in [1.82, 2.24) is 10.6 Å². The molecule has 0 aromatic heterocycles. The average molecular weight is 222 g/mol. The van der Waals surface area contributed by atoms with Crippen molar-refractivity contribution in [2.24, 2.45) is 0 Å². The Hall–Kier alpha value is -0.710. The number of hydrogen-bond acceptors (Lipinski definition) is 2. The second kappa shape index (κ2) is 6.00. The number of nitrogens with one attached hydrogen (secondary N) is 2. The van der Waals surface area contributed by atoms with Gasteiger partial charge in [0.25, 0.3) is 6.43 Å².